The molecule has 0 aromatic carbocycles. The summed E-state index contributed by atoms with van der Waals surface area (Å²) in [5.41, 5.74) is 0.382. The number of likely N-dealkylation sites (N-methyl/N-ethyl adjacent to an activating group) is 1. The van der Waals surface area contributed by atoms with Gasteiger partial charge in [-0.3, -0.25) is 9.59 Å². The van der Waals surface area contributed by atoms with E-state index in [1.165, 1.54) is 6.26 Å². The Balaban J connectivity index is 2.74. The van der Waals surface area contributed by atoms with Crippen LogP contribution >= 0.6 is 15.9 Å². The van der Waals surface area contributed by atoms with Crippen LogP contribution in [-0.4, -0.2) is 24.9 Å². The first-order valence-corrected chi connectivity index (χ1v) is 6.50. The van der Waals surface area contributed by atoms with Crippen LogP contribution in [0.5, 0.6) is 0 Å². The standard InChI is InChI=1S/C12H17BrN2O3/c1-7(2)6-9(12(17)14-3)15-11(16)8-4-5-18-10(8)13/h4-5,7,9H,6H2,1-3H3,(H,14,17)(H,15,16). The van der Waals surface area contributed by atoms with Gasteiger partial charge >= 0.3 is 0 Å². The van der Waals surface area contributed by atoms with Crippen LogP contribution in [0.1, 0.15) is 30.6 Å². The summed E-state index contributed by atoms with van der Waals surface area (Å²) < 4.78 is 5.35. The summed E-state index contributed by atoms with van der Waals surface area (Å²) in [6, 6.07) is 1.01. The molecule has 1 aromatic heterocycles. The molecule has 1 rings (SSSR count). The summed E-state index contributed by atoms with van der Waals surface area (Å²) in [7, 11) is 1.55. The molecule has 0 bridgehead atoms. The summed E-state index contributed by atoms with van der Waals surface area (Å²) in [4.78, 5) is 23.6. The van der Waals surface area contributed by atoms with E-state index in [2.05, 4.69) is 26.6 Å². The first kappa shape index (κ1) is 14.8. The van der Waals surface area contributed by atoms with Gasteiger partial charge in [0.15, 0.2) is 4.67 Å². The van der Waals surface area contributed by atoms with Crippen molar-refractivity contribution >= 4 is 27.7 Å². The Morgan fingerprint density at radius 2 is 2.11 bits per heavy atom. The molecule has 0 aliphatic rings. The van der Waals surface area contributed by atoms with Gasteiger partial charge in [0.05, 0.1) is 11.8 Å². The molecule has 1 heterocycles. The summed E-state index contributed by atoms with van der Waals surface area (Å²) >= 11 is 3.13. The van der Waals surface area contributed by atoms with Crippen molar-refractivity contribution in [3.63, 3.8) is 0 Å². The molecule has 5 nitrogen and oxygen atoms in total. The van der Waals surface area contributed by atoms with Gasteiger partial charge in [0, 0.05) is 7.05 Å². The van der Waals surface area contributed by atoms with Crippen LogP contribution < -0.4 is 10.6 Å². The third-order valence-electron chi connectivity index (χ3n) is 2.44. The molecular formula is C12H17BrN2O3. The van der Waals surface area contributed by atoms with E-state index in [0.29, 0.717) is 22.6 Å². The molecule has 6 heteroatoms. The molecule has 2 amide bonds. The molecular weight excluding hydrogens is 300 g/mol. The fraction of sp³-hybridized carbons (Fsp3) is 0.500. The van der Waals surface area contributed by atoms with Crippen molar-refractivity contribution in [3.05, 3.63) is 22.6 Å². The number of rotatable bonds is 5. The Hall–Kier alpha value is -1.30. The van der Waals surface area contributed by atoms with Gasteiger partial charge in [-0.25, -0.2) is 0 Å². The highest BCUT2D eigenvalue weighted by atomic mass is 79.9. The number of nitrogens with one attached hydrogen (secondary N) is 2. The van der Waals surface area contributed by atoms with E-state index < -0.39 is 6.04 Å². The molecule has 18 heavy (non-hydrogen) atoms. The van der Waals surface area contributed by atoms with Gasteiger partial charge in [-0.15, -0.1) is 0 Å². The van der Waals surface area contributed by atoms with Crippen LogP contribution in [0.4, 0.5) is 0 Å². The van der Waals surface area contributed by atoms with E-state index >= 15 is 0 Å². The largest absolute Gasteiger partial charge is 0.457 e. The van der Waals surface area contributed by atoms with Crippen LogP contribution in [0.2, 0.25) is 0 Å². The van der Waals surface area contributed by atoms with Gasteiger partial charge < -0.3 is 15.1 Å². The van der Waals surface area contributed by atoms with Gasteiger partial charge in [-0.1, -0.05) is 13.8 Å². The van der Waals surface area contributed by atoms with Gasteiger partial charge in [-0.05, 0) is 34.3 Å². The molecule has 0 aliphatic heterocycles. The number of carbonyl (C=O) groups is 2. The summed E-state index contributed by atoms with van der Waals surface area (Å²) in [5.74, 6) is -0.220. The number of hydrogen-bond acceptors (Lipinski definition) is 3. The Kier molecular flexibility index (Phi) is 5.40. The predicted molar refractivity (Wildman–Crippen MR) is 71.2 cm³/mol. The van der Waals surface area contributed by atoms with Crippen LogP contribution in [0.3, 0.4) is 0 Å². The van der Waals surface area contributed by atoms with Gasteiger partial charge in [0.25, 0.3) is 5.91 Å². The van der Waals surface area contributed by atoms with Crippen LogP contribution in [-0.2, 0) is 4.79 Å². The Morgan fingerprint density at radius 1 is 1.44 bits per heavy atom. The van der Waals surface area contributed by atoms with E-state index in [9.17, 15) is 9.59 Å². The molecule has 2 N–H and O–H groups in total. The topological polar surface area (TPSA) is 71.3 Å². The molecule has 1 aromatic rings. The minimum atomic E-state index is -0.538. The first-order valence-electron chi connectivity index (χ1n) is 5.71. The molecule has 0 spiro atoms. The zero-order valence-electron chi connectivity index (χ0n) is 10.6. The first-order chi connectivity index (χ1) is 8.45. The van der Waals surface area contributed by atoms with Crippen molar-refractivity contribution in [2.75, 3.05) is 7.05 Å². The van der Waals surface area contributed by atoms with Crippen molar-refractivity contribution in [1.29, 1.82) is 0 Å². The van der Waals surface area contributed by atoms with Crippen molar-refractivity contribution in [2.45, 2.75) is 26.3 Å². The van der Waals surface area contributed by atoms with E-state index in [1.807, 2.05) is 13.8 Å². The lowest BCUT2D eigenvalue weighted by Gasteiger charge is -2.18. The second-order valence-electron chi connectivity index (χ2n) is 4.38. The zero-order valence-corrected chi connectivity index (χ0v) is 12.2. The molecule has 0 saturated heterocycles. The van der Waals surface area contributed by atoms with Gasteiger partial charge in [-0.2, -0.15) is 0 Å². The number of halogens is 1. The lowest BCUT2D eigenvalue weighted by molar-refractivity contribution is -0.122. The maximum absolute atomic E-state index is 12.0. The highest BCUT2D eigenvalue weighted by molar-refractivity contribution is 9.10. The van der Waals surface area contributed by atoms with E-state index in [0.717, 1.165) is 0 Å². The zero-order chi connectivity index (χ0) is 13.7. The Morgan fingerprint density at radius 3 is 2.56 bits per heavy atom. The molecule has 0 saturated carbocycles. The minimum absolute atomic E-state index is 0.198. The summed E-state index contributed by atoms with van der Waals surface area (Å²) in [5, 5.41) is 5.25. The molecule has 1 atom stereocenters. The third kappa shape index (κ3) is 3.87. The van der Waals surface area contributed by atoms with E-state index in [1.54, 1.807) is 13.1 Å². The maximum atomic E-state index is 12.0. The number of amides is 2. The molecule has 1 unspecified atom stereocenters. The second-order valence-corrected chi connectivity index (χ2v) is 5.10. The quantitative estimate of drug-likeness (QED) is 0.872. The van der Waals surface area contributed by atoms with Gasteiger partial charge in [0.1, 0.15) is 6.04 Å². The highest BCUT2D eigenvalue weighted by Crippen LogP contribution is 2.17. The van der Waals surface area contributed by atoms with Crippen molar-refractivity contribution in [2.24, 2.45) is 5.92 Å². The normalized spacial score (nSPS) is 12.3. The van der Waals surface area contributed by atoms with E-state index in [4.69, 9.17) is 4.42 Å². The van der Waals surface area contributed by atoms with Crippen LogP contribution in [0, 0.1) is 5.92 Å². The monoisotopic (exact) mass is 316 g/mol. The SMILES string of the molecule is CNC(=O)C(CC(C)C)NC(=O)c1ccoc1Br. The van der Waals surface area contributed by atoms with Crippen molar-refractivity contribution < 1.29 is 14.0 Å². The average Bonchev–Trinajstić information content (AvgIpc) is 2.73. The minimum Gasteiger partial charge on any atom is -0.457 e. The van der Waals surface area contributed by atoms with Crippen molar-refractivity contribution in [3.8, 4) is 0 Å². The fourth-order valence-electron chi connectivity index (χ4n) is 1.57. The number of furan rings is 1. The number of carbonyl (C=O) groups excluding carboxylic acids is 2. The van der Waals surface area contributed by atoms with Crippen LogP contribution in [0.25, 0.3) is 0 Å². The number of hydrogen-bond donors (Lipinski definition) is 2. The third-order valence-corrected chi connectivity index (χ3v) is 3.05. The lowest BCUT2D eigenvalue weighted by Crippen LogP contribution is -2.46. The smallest absolute Gasteiger partial charge is 0.256 e. The molecule has 100 valence electrons. The fourth-order valence-corrected chi connectivity index (χ4v) is 1.99. The second kappa shape index (κ2) is 6.58. The van der Waals surface area contributed by atoms with Crippen LogP contribution in [0.15, 0.2) is 21.4 Å². The van der Waals surface area contributed by atoms with Crippen molar-refractivity contribution in [1.82, 2.24) is 10.6 Å². The molecule has 0 fully saturated rings. The molecule has 0 radical (unpaired) electrons. The summed E-state index contributed by atoms with van der Waals surface area (Å²) in [6.07, 6.45) is 2.00. The van der Waals surface area contributed by atoms with E-state index in [-0.39, 0.29) is 11.8 Å². The molecule has 0 aliphatic carbocycles. The Bertz CT molecular complexity index is 429. The predicted octanol–water partition coefficient (Wildman–Crippen LogP) is 1.93. The average molecular weight is 317 g/mol. The highest BCUT2D eigenvalue weighted by Gasteiger charge is 2.23. The Labute approximate surface area is 114 Å². The maximum Gasteiger partial charge on any atom is 0.256 e. The van der Waals surface area contributed by atoms with Gasteiger partial charge in [0.2, 0.25) is 5.91 Å². The lowest BCUT2D eigenvalue weighted by atomic mass is 10.0. The summed E-state index contributed by atoms with van der Waals surface area (Å²) in [6.45, 7) is 3.99.